The van der Waals surface area contributed by atoms with Crippen molar-refractivity contribution in [1.82, 2.24) is 4.57 Å². The van der Waals surface area contributed by atoms with E-state index in [2.05, 4.69) is 191 Å². The van der Waals surface area contributed by atoms with Crippen LogP contribution in [0.2, 0.25) is 0 Å². The molecule has 3 heteroatoms. The Morgan fingerprint density at radius 3 is 1.87 bits per heavy atom. The normalized spacial score (nSPS) is 12.2. The Labute approximate surface area is 305 Å². The molecule has 2 aromatic heterocycles. The van der Waals surface area contributed by atoms with Crippen LogP contribution in [-0.4, -0.2) is 4.57 Å². The Balaban J connectivity index is 1.10. The van der Waals surface area contributed by atoms with Crippen LogP contribution in [0.25, 0.3) is 93.2 Å². The molecule has 0 fully saturated rings. The second-order valence-corrected chi connectivity index (χ2v) is 14.1. The summed E-state index contributed by atoms with van der Waals surface area (Å²) in [5, 5.41) is 9.82. The number of hydrogen-bond donors (Lipinski definition) is 0. The number of aromatic nitrogens is 1. The molecule has 0 spiro atoms. The van der Waals surface area contributed by atoms with Gasteiger partial charge in [-0.1, -0.05) is 103 Å². The van der Waals surface area contributed by atoms with Gasteiger partial charge < -0.3 is 13.9 Å². The van der Waals surface area contributed by atoms with Gasteiger partial charge in [0.25, 0.3) is 0 Å². The zero-order chi connectivity index (χ0) is 34.6. The average Bonchev–Trinajstić information content (AvgIpc) is 3.71. The molecule has 1 aliphatic carbocycles. The molecule has 0 N–H and O–H groups in total. The largest absolute Gasteiger partial charge is 0.456 e. The first-order valence-electron chi connectivity index (χ1n) is 18.2. The van der Waals surface area contributed by atoms with Crippen LogP contribution in [0, 0.1) is 0 Å². The maximum Gasteiger partial charge on any atom is 0.137 e. The summed E-state index contributed by atoms with van der Waals surface area (Å²) in [5.41, 5.74) is 13.6. The molecule has 1 aliphatic rings. The fourth-order valence-electron chi connectivity index (χ4n) is 8.97. The summed E-state index contributed by atoms with van der Waals surface area (Å²) in [6.45, 7) is 0. The summed E-state index contributed by atoms with van der Waals surface area (Å²) >= 11 is 0. The molecule has 0 amide bonds. The molecular weight excluding hydrogens is 645 g/mol. The highest BCUT2D eigenvalue weighted by atomic mass is 16.3. The van der Waals surface area contributed by atoms with E-state index in [9.17, 15) is 0 Å². The summed E-state index contributed by atoms with van der Waals surface area (Å²) in [7, 11) is 0. The molecule has 0 bridgehead atoms. The van der Waals surface area contributed by atoms with Gasteiger partial charge in [-0.3, -0.25) is 0 Å². The van der Waals surface area contributed by atoms with Crippen molar-refractivity contribution in [2.24, 2.45) is 0 Å². The van der Waals surface area contributed by atoms with Crippen LogP contribution in [0.15, 0.2) is 186 Å². The van der Waals surface area contributed by atoms with Crippen LogP contribution in [0.1, 0.15) is 0 Å². The van der Waals surface area contributed by atoms with Crippen molar-refractivity contribution >= 4 is 82.4 Å². The van der Waals surface area contributed by atoms with E-state index in [0.717, 1.165) is 39.0 Å². The molecule has 11 aromatic rings. The fourth-order valence-corrected chi connectivity index (χ4v) is 8.97. The molecule has 12 rings (SSSR count). The van der Waals surface area contributed by atoms with Gasteiger partial charge in [-0.2, -0.15) is 0 Å². The van der Waals surface area contributed by atoms with E-state index in [0.29, 0.717) is 0 Å². The SMILES string of the molecule is c1ccc(N(c2ccc3c(c2)-c2cccc4ccc5c(c24)c2c-3cccc2n5-c2ccccc2)c2ccc3c(c2)oc2cc4ccccc4cc23)cc1. The Bertz CT molecular complexity index is 3280. The number of hydrogen-bond acceptors (Lipinski definition) is 2. The molecule has 246 valence electrons. The number of para-hydroxylation sites is 2. The van der Waals surface area contributed by atoms with Gasteiger partial charge in [-0.25, -0.2) is 0 Å². The van der Waals surface area contributed by atoms with Crippen molar-refractivity contribution in [3.8, 4) is 27.9 Å². The molecular formula is C50H30N2O. The van der Waals surface area contributed by atoms with Gasteiger partial charge in [0.1, 0.15) is 11.2 Å². The van der Waals surface area contributed by atoms with Crippen molar-refractivity contribution < 1.29 is 4.42 Å². The van der Waals surface area contributed by atoms with Crippen molar-refractivity contribution in [2.75, 3.05) is 4.90 Å². The first-order valence-corrected chi connectivity index (χ1v) is 18.2. The Kier molecular flexibility index (Phi) is 5.77. The summed E-state index contributed by atoms with van der Waals surface area (Å²) in [4.78, 5) is 2.35. The standard InChI is InChI=1S/C50H30N2O/c1-3-14-34(15-4-1)51(37-23-25-39-43-27-32-11-7-8-12-33(32)28-46(43)53-47(39)30-37)36-22-24-38-40-19-10-20-44-49(40)50-45(52(44)35-16-5-2-6-17-35)26-21-31-13-9-18-41(48(31)50)42(38)29-36/h1-30H. The quantitative estimate of drug-likeness (QED) is 0.185. The van der Waals surface area contributed by atoms with Crippen LogP contribution >= 0.6 is 0 Å². The van der Waals surface area contributed by atoms with E-state index in [4.69, 9.17) is 4.42 Å². The van der Waals surface area contributed by atoms with Crippen LogP contribution < -0.4 is 4.90 Å². The maximum atomic E-state index is 6.57. The minimum atomic E-state index is 0.876. The molecule has 0 radical (unpaired) electrons. The van der Waals surface area contributed by atoms with Crippen LogP contribution in [-0.2, 0) is 0 Å². The highest BCUT2D eigenvalue weighted by molar-refractivity contribution is 6.30. The third kappa shape index (κ3) is 4.05. The predicted molar refractivity (Wildman–Crippen MR) is 222 cm³/mol. The molecule has 0 unspecified atom stereocenters. The first-order chi connectivity index (χ1) is 26.3. The summed E-state index contributed by atoms with van der Waals surface area (Å²) in [6.07, 6.45) is 0. The Morgan fingerprint density at radius 1 is 0.358 bits per heavy atom. The summed E-state index contributed by atoms with van der Waals surface area (Å²) < 4.78 is 9.00. The zero-order valence-corrected chi connectivity index (χ0v) is 28.6. The van der Waals surface area contributed by atoms with Crippen molar-refractivity contribution in [1.29, 1.82) is 0 Å². The lowest BCUT2D eigenvalue weighted by Gasteiger charge is -2.27. The highest BCUT2D eigenvalue weighted by Gasteiger charge is 2.26. The molecule has 3 nitrogen and oxygen atoms in total. The average molecular weight is 675 g/mol. The van der Waals surface area contributed by atoms with Crippen LogP contribution in [0.5, 0.6) is 0 Å². The van der Waals surface area contributed by atoms with E-state index < -0.39 is 0 Å². The Hall–Kier alpha value is -7.10. The van der Waals surface area contributed by atoms with Gasteiger partial charge in [0.2, 0.25) is 0 Å². The number of nitrogens with zero attached hydrogens (tertiary/aromatic N) is 2. The van der Waals surface area contributed by atoms with Crippen molar-refractivity contribution in [3.05, 3.63) is 182 Å². The van der Waals surface area contributed by atoms with Gasteiger partial charge >= 0.3 is 0 Å². The van der Waals surface area contributed by atoms with Gasteiger partial charge in [-0.15, -0.1) is 0 Å². The number of fused-ring (bicyclic) bond motifs is 7. The summed E-state index contributed by atoms with van der Waals surface area (Å²) in [5.74, 6) is 0. The van der Waals surface area contributed by atoms with E-state index in [-0.39, 0.29) is 0 Å². The molecule has 0 saturated carbocycles. The molecule has 0 atom stereocenters. The van der Waals surface area contributed by atoms with E-state index in [1.807, 2.05) is 0 Å². The third-order valence-electron chi connectivity index (χ3n) is 11.2. The second-order valence-electron chi connectivity index (χ2n) is 14.1. The monoisotopic (exact) mass is 674 g/mol. The van der Waals surface area contributed by atoms with E-state index in [1.165, 1.54) is 71.3 Å². The molecule has 2 heterocycles. The van der Waals surface area contributed by atoms with Crippen molar-refractivity contribution in [2.45, 2.75) is 0 Å². The van der Waals surface area contributed by atoms with Crippen LogP contribution in [0.4, 0.5) is 17.1 Å². The summed E-state index contributed by atoms with van der Waals surface area (Å²) in [6, 6.07) is 66.1. The lowest BCUT2D eigenvalue weighted by atomic mass is 9.92. The minimum absolute atomic E-state index is 0.876. The van der Waals surface area contributed by atoms with Crippen LogP contribution in [0.3, 0.4) is 0 Å². The minimum Gasteiger partial charge on any atom is -0.456 e. The topological polar surface area (TPSA) is 21.3 Å². The second kappa shape index (κ2) is 10.7. The van der Waals surface area contributed by atoms with E-state index in [1.54, 1.807) is 0 Å². The number of rotatable bonds is 4. The molecule has 9 aromatic carbocycles. The number of benzene rings is 9. The third-order valence-corrected chi connectivity index (χ3v) is 11.2. The smallest absolute Gasteiger partial charge is 0.137 e. The Morgan fingerprint density at radius 2 is 1.02 bits per heavy atom. The highest BCUT2D eigenvalue weighted by Crippen LogP contribution is 2.51. The van der Waals surface area contributed by atoms with Crippen molar-refractivity contribution in [3.63, 3.8) is 0 Å². The fraction of sp³-hybridized carbons (Fsp3) is 0. The zero-order valence-electron chi connectivity index (χ0n) is 28.6. The predicted octanol–water partition coefficient (Wildman–Crippen LogP) is 14.1. The van der Waals surface area contributed by atoms with Gasteiger partial charge in [0.05, 0.1) is 11.0 Å². The molecule has 0 saturated heterocycles. The molecule has 0 aliphatic heterocycles. The first kappa shape index (κ1) is 28.6. The van der Waals surface area contributed by atoms with Gasteiger partial charge in [0, 0.05) is 50.4 Å². The lowest BCUT2D eigenvalue weighted by molar-refractivity contribution is 0.669. The number of furan rings is 1. The van der Waals surface area contributed by atoms with E-state index >= 15 is 0 Å². The molecule has 53 heavy (non-hydrogen) atoms. The lowest BCUT2D eigenvalue weighted by Crippen LogP contribution is -2.10. The van der Waals surface area contributed by atoms with Gasteiger partial charge in [-0.05, 0) is 117 Å². The van der Waals surface area contributed by atoms with Gasteiger partial charge in [0.15, 0.2) is 0 Å². The maximum absolute atomic E-state index is 6.57. The number of anilines is 3.